The number of ether oxygens (including phenoxy) is 1. The van der Waals surface area contributed by atoms with Crippen molar-refractivity contribution in [1.29, 1.82) is 0 Å². The van der Waals surface area contributed by atoms with E-state index in [2.05, 4.69) is 9.97 Å². The van der Waals surface area contributed by atoms with E-state index in [1.807, 2.05) is 24.3 Å². The first-order valence-corrected chi connectivity index (χ1v) is 5.64. The molecule has 0 saturated carbocycles. The highest BCUT2D eigenvalue weighted by Gasteiger charge is 2.09. The second-order valence-corrected chi connectivity index (χ2v) is 3.98. The normalized spacial score (nSPS) is 10.2. The number of carbonyl (C=O) groups is 1. The molecule has 1 aromatic heterocycles. The zero-order chi connectivity index (χ0) is 13.8. The summed E-state index contributed by atoms with van der Waals surface area (Å²) in [4.78, 5) is 19.2. The topological polar surface area (TPSA) is 104 Å². The molecule has 1 aromatic carbocycles. The molecule has 19 heavy (non-hydrogen) atoms. The number of hydrogen-bond acceptors (Lipinski definition) is 5. The van der Waals surface area contributed by atoms with Gasteiger partial charge >= 0.3 is 0 Å². The van der Waals surface area contributed by atoms with Crippen molar-refractivity contribution in [3.05, 3.63) is 47.4 Å². The minimum absolute atomic E-state index is 0.0976. The second kappa shape index (κ2) is 5.34. The fourth-order valence-corrected chi connectivity index (χ4v) is 1.67. The molecular formula is C13H14N4O2. The number of nitrogens with two attached hydrogens (primary N) is 2. The van der Waals surface area contributed by atoms with Crippen LogP contribution in [-0.2, 0) is 6.42 Å². The van der Waals surface area contributed by atoms with E-state index >= 15 is 0 Å². The average molecular weight is 258 g/mol. The van der Waals surface area contributed by atoms with Crippen molar-refractivity contribution < 1.29 is 9.53 Å². The number of nitrogen functional groups attached to an aromatic ring is 1. The quantitative estimate of drug-likeness (QED) is 0.842. The van der Waals surface area contributed by atoms with Crippen molar-refractivity contribution in [3.8, 4) is 5.75 Å². The molecular weight excluding hydrogens is 244 g/mol. The van der Waals surface area contributed by atoms with Gasteiger partial charge in [0, 0.05) is 12.6 Å². The van der Waals surface area contributed by atoms with Gasteiger partial charge in [0.05, 0.1) is 12.7 Å². The number of aromatic nitrogens is 2. The molecule has 6 nitrogen and oxygen atoms in total. The van der Waals surface area contributed by atoms with Crippen molar-refractivity contribution in [2.24, 2.45) is 5.73 Å². The van der Waals surface area contributed by atoms with E-state index in [0.29, 0.717) is 12.2 Å². The molecule has 0 atom stereocenters. The summed E-state index contributed by atoms with van der Waals surface area (Å²) in [6.07, 6.45) is 1.85. The fraction of sp³-hybridized carbons (Fsp3) is 0.154. The van der Waals surface area contributed by atoms with Crippen molar-refractivity contribution in [2.75, 3.05) is 12.8 Å². The molecule has 0 aliphatic heterocycles. The highest BCUT2D eigenvalue weighted by molar-refractivity contribution is 5.96. The van der Waals surface area contributed by atoms with Gasteiger partial charge in [-0.05, 0) is 17.7 Å². The summed E-state index contributed by atoms with van der Waals surface area (Å²) in [7, 11) is 1.61. The van der Waals surface area contributed by atoms with Crippen LogP contribution >= 0.6 is 0 Å². The molecule has 1 amide bonds. The van der Waals surface area contributed by atoms with Crippen molar-refractivity contribution >= 4 is 11.7 Å². The highest BCUT2D eigenvalue weighted by atomic mass is 16.5. The summed E-state index contributed by atoms with van der Waals surface area (Å²) in [5.41, 5.74) is 11.9. The Morgan fingerprint density at radius 1 is 1.42 bits per heavy atom. The number of anilines is 1. The Bertz CT molecular complexity index is 613. The van der Waals surface area contributed by atoms with Gasteiger partial charge in [0.15, 0.2) is 0 Å². The molecule has 0 unspecified atom stereocenters. The number of hydrogen-bond donors (Lipinski definition) is 2. The maximum absolute atomic E-state index is 11.0. The van der Waals surface area contributed by atoms with E-state index in [-0.39, 0.29) is 11.4 Å². The Morgan fingerprint density at radius 2 is 2.21 bits per heavy atom. The third kappa shape index (κ3) is 2.98. The Hall–Kier alpha value is -2.63. The number of carbonyl (C=O) groups excluding carboxylic acids is 1. The fourth-order valence-electron chi connectivity index (χ4n) is 1.67. The Labute approximate surface area is 110 Å². The molecule has 98 valence electrons. The maximum Gasteiger partial charge on any atom is 0.254 e. The minimum Gasteiger partial charge on any atom is -0.497 e. The predicted molar refractivity (Wildman–Crippen MR) is 70.8 cm³/mol. The molecule has 0 fully saturated rings. The molecule has 0 aliphatic rings. The molecule has 6 heteroatoms. The van der Waals surface area contributed by atoms with Crippen LogP contribution in [0.15, 0.2) is 30.5 Å². The van der Waals surface area contributed by atoms with E-state index in [4.69, 9.17) is 16.2 Å². The van der Waals surface area contributed by atoms with Crippen LogP contribution in [0.25, 0.3) is 0 Å². The molecule has 0 aliphatic carbocycles. The maximum atomic E-state index is 11.0. The van der Waals surface area contributed by atoms with Gasteiger partial charge in [0.2, 0.25) is 0 Å². The van der Waals surface area contributed by atoms with Gasteiger partial charge in [-0.1, -0.05) is 12.1 Å². The lowest BCUT2D eigenvalue weighted by Crippen LogP contribution is -2.16. The summed E-state index contributed by atoms with van der Waals surface area (Å²) in [5, 5.41) is 0. The molecule has 0 spiro atoms. The molecule has 4 N–H and O–H groups in total. The molecule has 0 radical (unpaired) electrons. The van der Waals surface area contributed by atoms with Crippen LogP contribution in [0.5, 0.6) is 5.75 Å². The van der Waals surface area contributed by atoms with E-state index < -0.39 is 5.91 Å². The summed E-state index contributed by atoms with van der Waals surface area (Å²) in [6.45, 7) is 0. The van der Waals surface area contributed by atoms with E-state index in [1.54, 1.807) is 7.11 Å². The summed E-state index contributed by atoms with van der Waals surface area (Å²) < 4.78 is 5.14. The Morgan fingerprint density at radius 3 is 2.84 bits per heavy atom. The van der Waals surface area contributed by atoms with Crippen LogP contribution in [0.3, 0.4) is 0 Å². The number of rotatable bonds is 4. The number of benzene rings is 1. The van der Waals surface area contributed by atoms with Crippen molar-refractivity contribution in [1.82, 2.24) is 9.97 Å². The lowest BCUT2D eigenvalue weighted by molar-refractivity contribution is 0.100. The molecule has 0 saturated heterocycles. The smallest absolute Gasteiger partial charge is 0.254 e. The first-order valence-electron chi connectivity index (χ1n) is 5.64. The zero-order valence-electron chi connectivity index (χ0n) is 10.5. The van der Waals surface area contributed by atoms with Crippen LogP contribution in [0, 0.1) is 0 Å². The molecule has 2 aromatic rings. The van der Waals surface area contributed by atoms with Crippen LogP contribution in [0.2, 0.25) is 0 Å². The SMILES string of the molecule is COc1cccc(Cc2ncc(C(N)=O)c(N)n2)c1. The first-order chi connectivity index (χ1) is 9.10. The van der Waals surface area contributed by atoms with Gasteiger partial charge in [-0.3, -0.25) is 4.79 Å². The van der Waals surface area contributed by atoms with Gasteiger partial charge in [0.1, 0.15) is 17.4 Å². The Balaban J connectivity index is 2.23. The Kier molecular flexibility index (Phi) is 3.61. The first kappa shape index (κ1) is 12.8. The zero-order valence-corrected chi connectivity index (χ0v) is 10.5. The lowest BCUT2D eigenvalue weighted by atomic mass is 10.1. The van der Waals surface area contributed by atoms with Gasteiger partial charge < -0.3 is 16.2 Å². The van der Waals surface area contributed by atoms with Gasteiger partial charge in [-0.2, -0.15) is 0 Å². The number of primary amides is 1. The summed E-state index contributed by atoms with van der Waals surface area (Å²) >= 11 is 0. The third-order valence-electron chi connectivity index (χ3n) is 2.63. The van der Waals surface area contributed by atoms with Crippen molar-refractivity contribution in [2.45, 2.75) is 6.42 Å². The van der Waals surface area contributed by atoms with Gasteiger partial charge in [-0.15, -0.1) is 0 Å². The standard InChI is InChI=1S/C13H14N4O2/c1-19-9-4-2-3-8(5-9)6-11-16-7-10(13(15)18)12(14)17-11/h2-5,7H,6H2,1H3,(H2,15,18)(H2,14,16,17). The van der Waals surface area contributed by atoms with Crippen LogP contribution in [0.4, 0.5) is 5.82 Å². The molecule has 1 heterocycles. The lowest BCUT2D eigenvalue weighted by Gasteiger charge is -2.05. The summed E-state index contributed by atoms with van der Waals surface area (Å²) in [6, 6.07) is 7.57. The average Bonchev–Trinajstić information content (AvgIpc) is 2.38. The monoisotopic (exact) mass is 258 g/mol. The molecule has 2 rings (SSSR count). The van der Waals surface area contributed by atoms with Crippen LogP contribution in [0.1, 0.15) is 21.7 Å². The highest BCUT2D eigenvalue weighted by Crippen LogP contribution is 2.15. The third-order valence-corrected chi connectivity index (χ3v) is 2.63. The van der Waals surface area contributed by atoms with Crippen LogP contribution in [-0.4, -0.2) is 23.0 Å². The van der Waals surface area contributed by atoms with Crippen LogP contribution < -0.4 is 16.2 Å². The van der Waals surface area contributed by atoms with Gasteiger partial charge in [0.25, 0.3) is 5.91 Å². The predicted octanol–water partition coefficient (Wildman–Crippen LogP) is 0.757. The number of nitrogens with zero attached hydrogens (tertiary/aromatic N) is 2. The van der Waals surface area contributed by atoms with E-state index in [9.17, 15) is 4.79 Å². The van der Waals surface area contributed by atoms with Gasteiger partial charge in [-0.25, -0.2) is 9.97 Å². The largest absolute Gasteiger partial charge is 0.497 e. The van der Waals surface area contributed by atoms with E-state index in [0.717, 1.165) is 11.3 Å². The molecule has 0 bridgehead atoms. The summed E-state index contributed by atoms with van der Waals surface area (Å²) in [5.74, 6) is 0.751. The van der Waals surface area contributed by atoms with E-state index in [1.165, 1.54) is 6.20 Å². The number of methoxy groups -OCH3 is 1. The second-order valence-electron chi connectivity index (χ2n) is 3.98. The minimum atomic E-state index is -0.634. The number of amides is 1. The van der Waals surface area contributed by atoms with Crippen molar-refractivity contribution in [3.63, 3.8) is 0 Å².